The van der Waals surface area contributed by atoms with Crippen LogP contribution >= 0.6 is 0 Å². The van der Waals surface area contributed by atoms with E-state index in [0.717, 1.165) is 0 Å². The summed E-state index contributed by atoms with van der Waals surface area (Å²) in [4.78, 5) is 3.80. The number of rotatable bonds is 1. The van der Waals surface area contributed by atoms with Crippen molar-refractivity contribution in [1.29, 1.82) is 10.7 Å². The highest BCUT2D eigenvalue weighted by molar-refractivity contribution is 5.96. The molecule has 0 saturated carbocycles. The van der Waals surface area contributed by atoms with E-state index in [1.807, 2.05) is 0 Å². The smallest absolute Gasteiger partial charge is 0.182 e. The molecule has 0 saturated heterocycles. The Labute approximate surface area is 64.0 Å². The SMILES string of the molecule is N#CNC(=N)c1cccnc1. The van der Waals surface area contributed by atoms with E-state index in [-0.39, 0.29) is 5.84 Å². The molecular formula is C7H6N4. The molecule has 0 unspecified atom stereocenters. The number of nitriles is 1. The highest BCUT2D eigenvalue weighted by atomic mass is 14.9. The highest BCUT2D eigenvalue weighted by Crippen LogP contribution is 1.93. The van der Waals surface area contributed by atoms with Crippen LogP contribution in [0.2, 0.25) is 0 Å². The normalized spacial score (nSPS) is 8.27. The van der Waals surface area contributed by atoms with Crippen LogP contribution in [0, 0.1) is 16.9 Å². The second-order valence-corrected chi connectivity index (χ2v) is 1.85. The molecule has 0 bridgehead atoms. The molecule has 0 aliphatic heterocycles. The summed E-state index contributed by atoms with van der Waals surface area (Å²) in [5.41, 5.74) is 0.606. The van der Waals surface area contributed by atoms with Crippen LogP contribution in [0.25, 0.3) is 0 Å². The Bertz CT molecular complexity index is 285. The minimum atomic E-state index is 0.0700. The fraction of sp³-hybridized carbons (Fsp3) is 0. The van der Waals surface area contributed by atoms with Gasteiger partial charge >= 0.3 is 0 Å². The molecule has 0 aromatic carbocycles. The first kappa shape index (κ1) is 7.22. The van der Waals surface area contributed by atoms with Crippen LogP contribution in [-0.4, -0.2) is 10.8 Å². The minimum Gasteiger partial charge on any atom is -0.283 e. The molecule has 0 atom stereocenters. The molecule has 1 heterocycles. The summed E-state index contributed by atoms with van der Waals surface area (Å²) in [6.07, 6.45) is 4.80. The van der Waals surface area contributed by atoms with Crippen LogP contribution in [0.3, 0.4) is 0 Å². The Balaban J connectivity index is 2.79. The van der Waals surface area contributed by atoms with Gasteiger partial charge < -0.3 is 0 Å². The largest absolute Gasteiger partial charge is 0.283 e. The molecule has 0 aliphatic carbocycles. The number of nitrogens with one attached hydrogen (secondary N) is 2. The van der Waals surface area contributed by atoms with Crippen molar-refractivity contribution in [2.24, 2.45) is 0 Å². The first-order valence-electron chi connectivity index (χ1n) is 2.98. The van der Waals surface area contributed by atoms with Gasteiger partial charge in [-0.05, 0) is 12.1 Å². The topological polar surface area (TPSA) is 72.6 Å². The van der Waals surface area contributed by atoms with Gasteiger partial charge in [0.2, 0.25) is 0 Å². The van der Waals surface area contributed by atoms with E-state index in [1.54, 1.807) is 24.5 Å². The van der Waals surface area contributed by atoms with Crippen LogP contribution in [0.15, 0.2) is 24.5 Å². The van der Waals surface area contributed by atoms with E-state index in [2.05, 4.69) is 10.3 Å². The fourth-order valence-electron chi connectivity index (χ4n) is 0.639. The van der Waals surface area contributed by atoms with E-state index in [4.69, 9.17) is 10.7 Å². The van der Waals surface area contributed by atoms with E-state index in [9.17, 15) is 0 Å². The molecule has 0 spiro atoms. The predicted octanol–water partition coefficient (Wildman–Crippen LogP) is 0.478. The van der Waals surface area contributed by atoms with E-state index >= 15 is 0 Å². The Hall–Kier alpha value is -1.89. The van der Waals surface area contributed by atoms with E-state index < -0.39 is 0 Å². The molecule has 2 N–H and O–H groups in total. The monoisotopic (exact) mass is 146 g/mol. The van der Waals surface area contributed by atoms with Gasteiger partial charge in [0, 0.05) is 18.0 Å². The maximum atomic E-state index is 8.18. The zero-order chi connectivity index (χ0) is 8.10. The van der Waals surface area contributed by atoms with Crippen LogP contribution in [0.5, 0.6) is 0 Å². The molecule has 0 amide bonds. The Morgan fingerprint density at radius 3 is 3.09 bits per heavy atom. The lowest BCUT2D eigenvalue weighted by molar-refractivity contribution is 1.20. The zero-order valence-electron chi connectivity index (χ0n) is 5.70. The van der Waals surface area contributed by atoms with Crippen molar-refractivity contribution in [3.05, 3.63) is 30.1 Å². The molecule has 1 aromatic rings. The second-order valence-electron chi connectivity index (χ2n) is 1.85. The molecule has 54 valence electrons. The van der Waals surface area contributed by atoms with Crippen molar-refractivity contribution < 1.29 is 0 Å². The van der Waals surface area contributed by atoms with Crippen molar-refractivity contribution in [3.63, 3.8) is 0 Å². The number of pyridine rings is 1. The summed E-state index contributed by atoms with van der Waals surface area (Å²) in [5.74, 6) is 0.0700. The van der Waals surface area contributed by atoms with Crippen LogP contribution < -0.4 is 5.32 Å². The number of hydrogen-bond donors (Lipinski definition) is 2. The van der Waals surface area contributed by atoms with E-state index in [0.29, 0.717) is 5.56 Å². The van der Waals surface area contributed by atoms with Gasteiger partial charge in [0.15, 0.2) is 6.19 Å². The Kier molecular flexibility index (Phi) is 2.18. The molecular weight excluding hydrogens is 140 g/mol. The molecule has 4 heteroatoms. The summed E-state index contributed by atoms with van der Waals surface area (Å²) in [5, 5.41) is 17.6. The van der Waals surface area contributed by atoms with Gasteiger partial charge in [-0.2, -0.15) is 5.26 Å². The van der Waals surface area contributed by atoms with Crippen molar-refractivity contribution >= 4 is 5.84 Å². The quantitative estimate of drug-likeness (QED) is 0.262. The van der Waals surface area contributed by atoms with Gasteiger partial charge in [-0.3, -0.25) is 15.7 Å². The predicted molar refractivity (Wildman–Crippen MR) is 39.8 cm³/mol. The third kappa shape index (κ3) is 1.76. The van der Waals surface area contributed by atoms with Crippen LogP contribution in [0.1, 0.15) is 5.56 Å². The van der Waals surface area contributed by atoms with Gasteiger partial charge in [-0.1, -0.05) is 0 Å². The number of aromatic nitrogens is 1. The number of nitrogens with zero attached hydrogens (tertiary/aromatic N) is 2. The first-order valence-corrected chi connectivity index (χ1v) is 2.98. The Morgan fingerprint density at radius 2 is 2.55 bits per heavy atom. The van der Waals surface area contributed by atoms with Crippen molar-refractivity contribution in [1.82, 2.24) is 10.3 Å². The number of hydrogen-bond acceptors (Lipinski definition) is 3. The summed E-state index contributed by atoms with van der Waals surface area (Å²) >= 11 is 0. The summed E-state index contributed by atoms with van der Waals surface area (Å²) in [6, 6.07) is 3.42. The second kappa shape index (κ2) is 3.32. The number of amidine groups is 1. The lowest BCUT2D eigenvalue weighted by Gasteiger charge is -1.97. The fourth-order valence-corrected chi connectivity index (χ4v) is 0.639. The maximum Gasteiger partial charge on any atom is 0.182 e. The Morgan fingerprint density at radius 1 is 1.73 bits per heavy atom. The average Bonchev–Trinajstić information content (AvgIpc) is 2.07. The molecule has 0 radical (unpaired) electrons. The zero-order valence-corrected chi connectivity index (χ0v) is 5.70. The van der Waals surface area contributed by atoms with Crippen molar-refractivity contribution in [2.75, 3.05) is 0 Å². The van der Waals surface area contributed by atoms with Gasteiger partial charge in [0.05, 0.1) is 0 Å². The van der Waals surface area contributed by atoms with Gasteiger partial charge in [-0.25, -0.2) is 0 Å². The minimum absolute atomic E-state index is 0.0700. The van der Waals surface area contributed by atoms with Crippen LogP contribution in [-0.2, 0) is 0 Å². The maximum absolute atomic E-state index is 8.18. The molecule has 0 aliphatic rings. The molecule has 4 nitrogen and oxygen atoms in total. The molecule has 11 heavy (non-hydrogen) atoms. The van der Waals surface area contributed by atoms with Crippen LogP contribution in [0.4, 0.5) is 0 Å². The standard InChI is InChI=1S/C7H6N4/c8-5-11-7(9)6-2-1-3-10-4-6/h1-4H,(H2,9,11). The van der Waals surface area contributed by atoms with Gasteiger partial charge in [-0.15, -0.1) is 0 Å². The third-order valence-corrected chi connectivity index (χ3v) is 1.13. The van der Waals surface area contributed by atoms with E-state index in [1.165, 1.54) is 6.20 Å². The highest BCUT2D eigenvalue weighted by Gasteiger charge is 1.96. The van der Waals surface area contributed by atoms with Gasteiger partial charge in [0.25, 0.3) is 0 Å². The van der Waals surface area contributed by atoms with Crippen molar-refractivity contribution in [2.45, 2.75) is 0 Å². The lowest BCUT2D eigenvalue weighted by atomic mass is 10.3. The molecule has 1 rings (SSSR count). The molecule has 0 fully saturated rings. The molecule has 1 aromatic heterocycles. The summed E-state index contributed by atoms with van der Waals surface area (Å²) < 4.78 is 0. The van der Waals surface area contributed by atoms with Gasteiger partial charge in [0.1, 0.15) is 5.84 Å². The third-order valence-electron chi connectivity index (χ3n) is 1.13. The lowest BCUT2D eigenvalue weighted by Crippen LogP contribution is -2.17. The summed E-state index contributed by atoms with van der Waals surface area (Å²) in [6.45, 7) is 0. The summed E-state index contributed by atoms with van der Waals surface area (Å²) in [7, 11) is 0. The first-order chi connectivity index (χ1) is 5.34. The van der Waals surface area contributed by atoms with Crippen molar-refractivity contribution in [3.8, 4) is 6.19 Å². The average molecular weight is 146 g/mol.